The number of nitrogens with one attached hydrogen (secondary N) is 2. The van der Waals surface area contributed by atoms with Crippen LogP contribution in [0.25, 0.3) is 0 Å². The van der Waals surface area contributed by atoms with Gasteiger partial charge in [-0.15, -0.1) is 5.10 Å². The number of nitro benzene ring substituents is 1. The number of nitrogens with zero attached hydrogens (tertiary/aromatic N) is 2. The van der Waals surface area contributed by atoms with Crippen LogP contribution in [0.2, 0.25) is 0 Å². The van der Waals surface area contributed by atoms with Crippen LogP contribution in [-0.4, -0.2) is 46.9 Å². The summed E-state index contributed by atoms with van der Waals surface area (Å²) < 4.78 is 16.7. The molecule has 0 bridgehead atoms. The number of aromatic amines is 1. The summed E-state index contributed by atoms with van der Waals surface area (Å²) in [6, 6.07) is 7.79. The first-order chi connectivity index (χ1) is 19.1. The van der Waals surface area contributed by atoms with Crippen LogP contribution >= 0.6 is 0 Å². The topological polar surface area (TPSA) is 146 Å². The van der Waals surface area contributed by atoms with Crippen molar-refractivity contribution in [3.63, 3.8) is 0 Å². The van der Waals surface area contributed by atoms with Gasteiger partial charge in [0.2, 0.25) is 5.88 Å². The molecule has 1 aromatic heterocycles. The van der Waals surface area contributed by atoms with E-state index in [4.69, 9.17) is 14.2 Å². The van der Waals surface area contributed by atoms with Gasteiger partial charge in [-0.25, -0.2) is 9.59 Å². The molecule has 1 aliphatic heterocycles. The first kappa shape index (κ1) is 30.4. The first-order valence-corrected chi connectivity index (χ1v) is 13.5. The Hall–Kier alpha value is -4.15. The summed E-state index contributed by atoms with van der Waals surface area (Å²) in [4.78, 5) is 37.6. The van der Waals surface area contributed by atoms with E-state index in [1.54, 1.807) is 19.9 Å². The number of carbonyl (C=O) groups is 2. The SMILES string of the molecule is CC1=C(C(=O)OCCCCCCOc2cc(C)[nH]n2)C(c2cccc([N+](=O)[O-])c2)C(C(=O)OCC(C)C)=C(C)N1. The molecular weight excluding hydrogens is 516 g/mol. The van der Waals surface area contributed by atoms with Gasteiger partial charge < -0.3 is 19.5 Å². The molecule has 0 saturated heterocycles. The number of dihydropyridines is 1. The molecule has 0 fully saturated rings. The maximum Gasteiger partial charge on any atom is 0.336 e. The number of hydrogen-bond acceptors (Lipinski definition) is 9. The molecule has 0 amide bonds. The second kappa shape index (κ2) is 14.3. The van der Waals surface area contributed by atoms with Crippen LogP contribution in [0.4, 0.5) is 5.69 Å². The van der Waals surface area contributed by atoms with Gasteiger partial charge in [0.15, 0.2) is 0 Å². The summed E-state index contributed by atoms with van der Waals surface area (Å²) in [5, 5.41) is 21.5. The van der Waals surface area contributed by atoms with Gasteiger partial charge in [-0.2, -0.15) is 0 Å². The zero-order valence-corrected chi connectivity index (χ0v) is 23.7. The lowest BCUT2D eigenvalue weighted by Crippen LogP contribution is -2.33. The number of non-ortho nitro benzene ring substituents is 1. The first-order valence-electron chi connectivity index (χ1n) is 13.5. The summed E-state index contributed by atoms with van der Waals surface area (Å²) in [5.74, 6) is -1.36. The van der Waals surface area contributed by atoms with E-state index in [-0.39, 0.29) is 36.0 Å². The number of ether oxygens (including phenoxy) is 3. The van der Waals surface area contributed by atoms with Crippen molar-refractivity contribution in [3.05, 3.63) is 74.2 Å². The van der Waals surface area contributed by atoms with E-state index in [0.717, 1.165) is 25.0 Å². The lowest BCUT2D eigenvalue weighted by Gasteiger charge is -2.30. The van der Waals surface area contributed by atoms with Crippen molar-refractivity contribution in [2.45, 2.75) is 66.2 Å². The summed E-state index contributed by atoms with van der Waals surface area (Å²) in [6.45, 7) is 10.1. The monoisotopic (exact) mass is 554 g/mol. The summed E-state index contributed by atoms with van der Waals surface area (Å²) in [6.07, 6.45) is 3.24. The molecule has 11 heteroatoms. The van der Waals surface area contributed by atoms with Gasteiger partial charge in [0, 0.05) is 35.3 Å². The third-order valence-electron chi connectivity index (χ3n) is 6.37. The predicted molar refractivity (Wildman–Crippen MR) is 148 cm³/mol. The molecular formula is C29H38N4O7. The lowest BCUT2D eigenvalue weighted by molar-refractivity contribution is -0.384. The van der Waals surface area contributed by atoms with Crippen LogP contribution in [0.5, 0.6) is 5.88 Å². The van der Waals surface area contributed by atoms with Crippen LogP contribution < -0.4 is 10.1 Å². The maximum absolute atomic E-state index is 13.4. The highest BCUT2D eigenvalue weighted by Gasteiger charge is 2.38. The fourth-order valence-corrected chi connectivity index (χ4v) is 4.45. The molecule has 3 rings (SSSR count). The van der Waals surface area contributed by atoms with Crippen molar-refractivity contribution >= 4 is 17.6 Å². The van der Waals surface area contributed by atoms with Crippen LogP contribution in [0.3, 0.4) is 0 Å². The zero-order valence-electron chi connectivity index (χ0n) is 23.7. The number of hydrogen-bond donors (Lipinski definition) is 2. The highest BCUT2D eigenvalue weighted by molar-refractivity contribution is 6.00. The number of carbonyl (C=O) groups excluding carboxylic acids is 2. The molecule has 11 nitrogen and oxygen atoms in total. The second-order valence-electron chi connectivity index (χ2n) is 10.3. The quantitative estimate of drug-likeness (QED) is 0.138. The Morgan fingerprint density at radius 1 is 0.975 bits per heavy atom. The van der Waals surface area contributed by atoms with Gasteiger partial charge in [-0.1, -0.05) is 26.0 Å². The number of unbranched alkanes of at least 4 members (excludes halogenated alkanes) is 3. The Kier molecular flexibility index (Phi) is 10.9. The van der Waals surface area contributed by atoms with E-state index < -0.39 is 22.8 Å². The fourth-order valence-electron chi connectivity index (χ4n) is 4.45. The zero-order chi connectivity index (χ0) is 29.2. The van der Waals surface area contributed by atoms with Crippen molar-refractivity contribution in [2.24, 2.45) is 5.92 Å². The molecule has 0 spiro atoms. The van der Waals surface area contributed by atoms with Crippen molar-refractivity contribution in [2.75, 3.05) is 19.8 Å². The smallest absolute Gasteiger partial charge is 0.336 e. The highest BCUT2D eigenvalue weighted by Crippen LogP contribution is 2.40. The van der Waals surface area contributed by atoms with Crippen molar-refractivity contribution in [1.82, 2.24) is 15.5 Å². The minimum atomic E-state index is -0.879. The van der Waals surface area contributed by atoms with E-state index in [2.05, 4.69) is 15.5 Å². The average molecular weight is 555 g/mol. The van der Waals surface area contributed by atoms with Crippen molar-refractivity contribution in [3.8, 4) is 5.88 Å². The largest absolute Gasteiger partial charge is 0.477 e. The van der Waals surface area contributed by atoms with Gasteiger partial charge >= 0.3 is 11.9 Å². The number of aryl methyl sites for hydroxylation is 1. The lowest BCUT2D eigenvalue weighted by atomic mass is 9.80. The number of allylic oxidation sites excluding steroid dienone is 2. The normalized spacial score (nSPS) is 15.2. The number of H-pyrrole nitrogens is 1. The number of rotatable bonds is 14. The molecule has 0 radical (unpaired) electrons. The van der Waals surface area contributed by atoms with Crippen molar-refractivity contribution < 1.29 is 28.7 Å². The number of benzene rings is 1. The molecule has 2 heterocycles. The van der Waals surface area contributed by atoms with Crippen molar-refractivity contribution in [1.29, 1.82) is 0 Å². The van der Waals surface area contributed by atoms with Crippen LogP contribution in [0, 0.1) is 23.0 Å². The molecule has 1 aliphatic rings. The fraction of sp³-hybridized carbons (Fsp3) is 0.483. The predicted octanol–water partition coefficient (Wildman–Crippen LogP) is 5.24. The standard InChI is InChI=1S/C29H38N4O7/c1-18(2)17-40-29(35)26-21(5)30-20(4)25(27(26)22-11-10-12-23(16-22)33(36)37)28(34)39-14-9-7-6-8-13-38-24-15-19(3)31-32-24/h10-12,15-16,18,27,30H,6-9,13-14,17H2,1-5H3,(H,31,32). The Bertz CT molecular complexity index is 1280. The molecule has 1 atom stereocenters. The average Bonchev–Trinajstić information content (AvgIpc) is 3.32. The number of nitro groups is 1. The molecule has 1 aromatic carbocycles. The maximum atomic E-state index is 13.4. The van der Waals surface area contributed by atoms with E-state index >= 15 is 0 Å². The third kappa shape index (κ3) is 8.17. The number of esters is 2. The van der Waals surface area contributed by atoms with Gasteiger partial charge in [-0.05, 0) is 57.9 Å². The molecule has 2 N–H and O–H groups in total. The Morgan fingerprint density at radius 3 is 2.23 bits per heavy atom. The van der Waals surface area contributed by atoms with Crippen LogP contribution in [0.1, 0.15) is 70.6 Å². The summed E-state index contributed by atoms with van der Waals surface area (Å²) in [7, 11) is 0. The molecule has 40 heavy (non-hydrogen) atoms. The Balaban J connectivity index is 1.68. The minimum absolute atomic E-state index is 0.112. The van der Waals surface area contributed by atoms with Crippen LogP contribution in [0.15, 0.2) is 52.9 Å². The Labute approximate surface area is 234 Å². The minimum Gasteiger partial charge on any atom is -0.477 e. The number of aromatic nitrogens is 2. The van der Waals surface area contributed by atoms with E-state index in [9.17, 15) is 19.7 Å². The molecule has 2 aromatic rings. The highest BCUT2D eigenvalue weighted by atomic mass is 16.6. The summed E-state index contributed by atoms with van der Waals surface area (Å²) in [5.41, 5.74) is 2.73. The Morgan fingerprint density at radius 2 is 1.62 bits per heavy atom. The van der Waals surface area contributed by atoms with Gasteiger partial charge in [0.05, 0.1) is 41.8 Å². The summed E-state index contributed by atoms with van der Waals surface area (Å²) >= 11 is 0. The molecule has 0 aliphatic carbocycles. The molecule has 216 valence electrons. The third-order valence-corrected chi connectivity index (χ3v) is 6.37. The second-order valence-corrected chi connectivity index (χ2v) is 10.3. The molecule has 1 unspecified atom stereocenters. The van der Waals surface area contributed by atoms with E-state index in [1.807, 2.05) is 26.8 Å². The van der Waals surface area contributed by atoms with E-state index in [0.29, 0.717) is 35.9 Å². The molecule has 0 saturated carbocycles. The van der Waals surface area contributed by atoms with Gasteiger partial charge in [0.25, 0.3) is 5.69 Å². The van der Waals surface area contributed by atoms with E-state index in [1.165, 1.54) is 18.2 Å². The van der Waals surface area contributed by atoms with Crippen LogP contribution in [-0.2, 0) is 19.1 Å². The van der Waals surface area contributed by atoms with Gasteiger partial charge in [-0.3, -0.25) is 15.2 Å². The van der Waals surface area contributed by atoms with Gasteiger partial charge in [0.1, 0.15) is 0 Å².